The summed E-state index contributed by atoms with van der Waals surface area (Å²) in [4.78, 5) is 6.13. The lowest BCUT2D eigenvalue weighted by Crippen LogP contribution is -2.49. The number of β-amino-alcohol motifs (C(OH)–C–C–N with tert-alkyl or cyclic N) is 1. The Kier molecular flexibility index (Phi) is 4.94. The van der Waals surface area contributed by atoms with Crippen LogP contribution >= 0.6 is 11.3 Å². The molecule has 1 aliphatic rings. The average molecular weight is 255 g/mol. The van der Waals surface area contributed by atoms with Gasteiger partial charge in [0.15, 0.2) is 0 Å². The zero-order chi connectivity index (χ0) is 12.1. The molecule has 1 fully saturated rings. The molecular formula is C12H21N3OS. The van der Waals surface area contributed by atoms with E-state index in [1.165, 1.54) is 4.88 Å². The zero-order valence-electron chi connectivity index (χ0n) is 10.1. The van der Waals surface area contributed by atoms with Gasteiger partial charge in [0.2, 0.25) is 0 Å². The Hall–Kier alpha value is -0.460. The molecule has 1 aromatic rings. The van der Waals surface area contributed by atoms with Crippen molar-refractivity contribution in [1.82, 2.24) is 9.80 Å². The Morgan fingerprint density at radius 3 is 2.65 bits per heavy atom. The first-order chi connectivity index (χ1) is 8.35. The summed E-state index contributed by atoms with van der Waals surface area (Å²) in [6.07, 6.45) is 0. The summed E-state index contributed by atoms with van der Waals surface area (Å²) in [5, 5.41) is 11.0. The van der Waals surface area contributed by atoms with Gasteiger partial charge in [-0.1, -0.05) is 6.07 Å². The van der Waals surface area contributed by atoms with Crippen molar-refractivity contribution < 1.29 is 5.11 Å². The third-order valence-electron chi connectivity index (χ3n) is 3.36. The Labute approximate surface area is 107 Å². The van der Waals surface area contributed by atoms with Gasteiger partial charge in [0.05, 0.1) is 12.6 Å². The lowest BCUT2D eigenvalue weighted by molar-refractivity contribution is 0.0867. The fourth-order valence-electron chi connectivity index (χ4n) is 2.37. The molecular weight excluding hydrogens is 234 g/mol. The zero-order valence-corrected chi connectivity index (χ0v) is 10.9. The van der Waals surface area contributed by atoms with Gasteiger partial charge >= 0.3 is 0 Å². The molecule has 0 amide bonds. The fraction of sp³-hybridized carbons (Fsp3) is 0.667. The van der Waals surface area contributed by atoms with E-state index in [9.17, 15) is 0 Å². The van der Waals surface area contributed by atoms with Crippen molar-refractivity contribution in [2.75, 3.05) is 45.9 Å². The van der Waals surface area contributed by atoms with E-state index in [4.69, 9.17) is 10.8 Å². The number of hydrogen-bond acceptors (Lipinski definition) is 5. The first-order valence-electron chi connectivity index (χ1n) is 6.16. The molecule has 1 aliphatic heterocycles. The van der Waals surface area contributed by atoms with Crippen LogP contribution in [0.4, 0.5) is 0 Å². The van der Waals surface area contributed by atoms with Gasteiger partial charge in [-0.25, -0.2) is 0 Å². The van der Waals surface area contributed by atoms with Crippen molar-refractivity contribution in [3.63, 3.8) is 0 Å². The van der Waals surface area contributed by atoms with E-state index in [-0.39, 0.29) is 6.61 Å². The summed E-state index contributed by atoms with van der Waals surface area (Å²) in [5.74, 6) is 0. The molecule has 0 radical (unpaired) electrons. The third kappa shape index (κ3) is 3.26. The molecule has 5 heteroatoms. The molecule has 0 bridgehead atoms. The molecule has 17 heavy (non-hydrogen) atoms. The molecule has 0 spiro atoms. The topological polar surface area (TPSA) is 52.7 Å². The quantitative estimate of drug-likeness (QED) is 0.797. The maximum atomic E-state index is 8.92. The molecule has 96 valence electrons. The predicted molar refractivity (Wildman–Crippen MR) is 71.2 cm³/mol. The number of nitrogens with two attached hydrogens (primary N) is 1. The highest BCUT2D eigenvalue weighted by molar-refractivity contribution is 7.10. The third-order valence-corrected chi connectivity index (χ3v) is 4.33. The minimum absolute atomic E-state index is 0.255. The second-order valence-electron chi connectivity index (χ2n) is 4.37. The number of thiophene rings is 1. The minimum atomic E-state index is 0.255. The van der Waals surface area contributed by atoms with E-state index in [0.717, 1.165) is 32.7 Å². The Morgan fingerprint density at radius 1 is 1.35 bits per heavy atom. The van der Waals surface area contributed by atoms with E-state index >= 15 is 0 Å². The molecule has 0 saturated carbocycles. The van der Waals surface area contributed by atoms with Gasteiger partial charge in [0.25, 0.3) is 0 Å². The Morgan fingerprint density at radius 2 is 2.12 bits per heavy atom. The van der Waals surface area contributed by atoms with Gasteiger partial charge in [-0.2, -0.15) is 0 Å². The molecule has 4 nitrogen and oxygen atoms in total. The largest absolute Gasteiger partial charge is 0.395 e. The van der Waals surface area contributed by atoms with Gasteiger partial charge < -0.3 is 10.8 Å². The van der Waals surface area contributed by atoms with Crippen molar-refractivity contribution >= 4 is 11.3 Å². The van der Waals surface area contributed by atoms with Crippen LogP contribution in [0.3, 0.4) is 0 Å². The van der Waals surface area contributed by atoms with Crippen molar-refractivity contribution in [2.45, 2.75) is 6.04 Å². The second-order valence-corrected chi connectivity index (χ2v) is 5.35. The van der Waals surface area contributed by atoms with Gasteiger partial charge in [0, 0.05) is 44.1 Å². The van der Waals surface area contributed by atoms with E-state index < -0.39 is 0 Å². The van der Waals surface area contributed by atoms with E-state index in [2.05, 4.69) is 27.3 Å². The second kappa shape index (κ2) is 6.47. The normalized spacial score (nSPS) is 20.6. The Balaban J connectivity index is 1.90. The molecule has 2 rings (SSSR count). The van der Waals surface area contributed by atoms with Gasteiger partial charge in [-0.3, -0.25) is 9.80 Å². The maximum absolute atomic E-state index is 8.92. The van der Waals surface area contributed by atoms with Gasteiger partial charge in [0.1, 0.15) is 0 Å². The standard InChI is InChI=1S/C12H21N3OS/c13-10-11(12-2-1-9-17-12)15-5-3-14(4-6-15)7-8-16/h1-2,9,11,16H,3-8,10,13H2. The lowest BCUT2D eigenvalue weighted by atomic mass is 10.1. The highest BCUT2D eigenvalue weighted by Gasteiger charge is 2.24. The monoisotopic (exact) mass is 255 g/mol. The molecule has 1 aromatic heterocycles. The van der Waals surface area contributed by atoms with Crippen molar-refractivity contribution in [3.8, 4) is 0 Å². The van der Waals surface area contributed by atoms with Gasteiger partial charge in [-0.15, -0.1) is 11.3 Å². The summed E-state index contributed by atoms with van der Waals surface area (Å²) in [7, 11) is 0. The van der Waals surface area contributed by atoms with Crippen LogP contribution in [0, 0.1) is 0 Å². The van der Waals surface area contributed by atoms with E-state index in [0.29, 0.717) is 12.6 Å². The number of aliphatic hydroxyl groups excluding tert-OH is 1. The number of rotatable bonds is 5. The van der Waals surface area contributed by atoms with Crippen LogP contribution in [-0.4, -0.2) is 60.8 Å². The predicted octanol–water partition coefficient (Wildman–Crippen LogP) is 0.358. The molecule has 1 atom stereocenters. The number of nitrogens with zero attached hydrogens (tertiary/aromatic N) is 2. The SMILES string of the molecule is NCC(c1cccs1)N1CCN(CCO)CC1. The summed E-state index contributed by atoms with van der Waals surface area (Å²) in [5.41, 5.74) is 5.90. The Bertz CT molecular complexity index is 310. The van der Waals surface area contributed by atoms with Crippen LogP contribution in [0.2, 0.25) is 0 Å². The molecule has 2 heterocycles. The average Bonchev–Trinajstić information content (AvgIpc) is 2.86. The number of aliphatic hydroxyl groups is 1. The lowest BCUT2D eigenvalue weighted by Gasteiger charge is -2.38. The molecule has 1 saturated heterocycles. The van der Waals surface area contributed by atoms with Crippen LogP contribution in [0.1, 0.15) is 10.9 Å². The van der Waals surface area contributed by atoms with E-state index in [1.54, 1.807) is 11.3 Å². The highest BCUT2D eigenvalue weighted by Crippen LogP contribution is 2.25. The highest BCUT2D eigenvalue weighted by atomic mass is 32.1. The maximum Gasteiger partial charge on any atom is 0.0565 e. The van der Waals surface area contributed by atoms with Crippen molar-refractivity contribution in [3.05, 3.63) is 22.4 Å². The molecule has 1 unspecified atom stereocenters. The smallest absolute Gasteiger partial charge is 0.0565 e. The van der Waals surface area contributed by atoms with E-state index in [1.807, 2.05) is 0 Å². The molecule has 0 aromatic carbocycles. The molecule has 0 aliphatic carbocycles. The van der Waals surface area contributed by atoms with Crippen LogP contribution in [-0.2, 0) is 0 Å². The summed E-state index contributed by atoms with van der Waals surface area (Å²) in [6.45, 7) is 5.87. The summed E-state index contributed by atoms with van der Waals surface area (Å²) >= 11 is 1.79. The van der Waals surface area contributed by atoms with Crippen molar-refractivity contribution in [2.24, 2.45) is 5.73 Å². The molecule has 3 N–H and O–H groups in total. The number of piperazine rings is 1. The minimum Gasteiger partial charge on any atom is -0.395 e. The summed E-state index contributed by atoms with van der Waals surface area (Å²) in [6, 6.07) is 4.62. The van der Waals surface area contributed by atoms with Crippen LogP contribution < -0.4 is 5.73 Å². The fourth-order valence-corrected chi connectivity index (χ4v) is 3.24. The van der Waals surface area contributed by atoms with Crippen LogP contribution in [0.5, 0.6) is 0 Å². The van der Waals surface area contributed by atoms with Gasteiger partial charge in [-0.05, 0) is 11.4 Å². The summed E-state index contributed by atoms with van der Waals surface area (Å²) < 4.78 is 0. The first kappa shape index (κ1) is 13.0. The first-order valence-corrected chi connectivity index (χ1v) is 7.04. The van der Waals surface area contributed by atoms with Crippen molar-refractivity contribution in [1.29, 1.82) is 0 Å². The van der Waals surface area contributed by atoms with Crippen LogP contribution in [0.25, 0.3) is 0 Å². The number of hydrogen-bond donors (Lipinski definition) is 2. The van der Waals surface area contributed by atoms with Crippen LogP contribution in [0.15, 0.2) is 17.5 Å².